The fourth-order valence-corrected chi connectivity index (χ4v) is 5.11. The zero-order valence-electron chi connectivity index (χ0n) is 16.5. The van der Waals surface area contributed by atoms with Crippen LogP contribution in [0.3, 0.4) is 0 Å². The molecule has 2 aliphatic rings. The zero-order chi connectivity index (χ0) is 21.5. The number of anilines is 2. The maximum atomic E-state index is 13.1. The number of hydrogen-bond acceptors (Lipinski definition) is 6. The minimum atomic E-state index is -1.19. The number of nitrogens with zero attached hydrogens (tertiary/aromatic N) is 1. The van der Waals surface area contributed by atoms with Crippen molar-refractivity contribution in [3.8, 4) is 0 Å². The van der Waals surface area contributed by atoms with Gasteiger partial charge in [-0.05, 0) is 38.1 Å². The van der Waals surface area contributed by atoms with Crippen LogP contribution < -0.4 is 10.2 Å². The molecule has 0 bridgehead atoms. The Balaban J connectivity index is 1.51. The van der Waals surface area contributed by atoms with E-state index in [4.69, 9.17) is 4.74 Å². The molecule has 7 nitrogen and oxygen atoms in total. The Kier molecular flexibility index (Phi) is 5.11. The first-order valence-corrected chi connectivity index (χ1v) is 10.4. The number of carbonyl (C=O) groups excluding carboxylic acids is 4. The van der Waals surface area contributed by atoms with Crippen LogP contribution in [0.5, 0.6) is 0 Å². The van der Waals surface area contributed by atoms with E-state index in [-0.39, 0.29) is 18.1 Å². The lowest BCUT2D eigenvalue weighted by Gasteiger charge is -2.29. The third-order valence-corrected chi connectivity index (χ3v) is 6.67. The fraction of sp³-hybridized carbons (Fsp3) is 0.273. The number of ether oxygens (including phenoxy) is 1. The van der Waals surface area contributed by atoms with Crippen molar-refractivity contribution in [1.29, 1.82) is 0 Å². The monoisotopic (exact) mass is 424 g/mol. The summed E-state index contributed by atoms with van der Waals surface area (Å²) < 4.78 is 5.50. The number of esters is 1. The normalized spacial score (nSPS) is 20.3. The van der Waals surface area contributed by atoms with Gasteiger partial charge in [0.2, 0.25) is 5.91 Å². The van der Waals surface area contributed by atoms with Crippen LogP contribution in [0.15, 0.2) is 53.4 Å². The zero-order valence-corrected chi connectivity index (χ0v) is 17.3. The van der Waals surface area contributed by atoms with Crippen LogP contribution in [0.25, 0.3) is 0 Å². The lowest BCUT2D eigenvalue weighted by molar-refractivity contribution is -0.155. The van der Waals surface area contributed by atoms with Gasteiger partial charge in [0.25, 0.3) is 5.91 Å². The number of amides is 2. The summed E-state index contributed by atoms with van der Waals surface area (Å²) in [6.07, 6.45) is -0.553. The van der Waals surface area contributed by atoms with Crippen LogP contribution in [-0.2, 0) is 19.1 Å². The lowest BCUT2D eigenvalue weighted by Crippen LogP contribution is -2.49. The number of hydrogen-bond donors (Lipinski definition) is 1. The highest BCUT2D eigenvalue weighted by atomic mass is 32.2. The molecule has 2 aromatic carbocycles. The minimum Gasteiger partial charge on any atom is -0.450 e. The maximum Gasteiger partial charge on any atom is 0.344 e. The number of carbonyl (C=O) groups is 4. The number of para-hydroxylation sites is 2. The highest BCUT2D eigenvalue weighted by molar-refractivity contribution is 8.02. The van der Waals surface area contributed by atoms with E-state index in [1.165, 1.54) is 30.5 Å². The highest BCUT2D eigenvalue weighted by Crippen LogP contribution is 2.56. The van der Waals surface area contributed by atoms with Gasteiger partial charge in [0.15, 0.2) is 16.8 Å². The first kappa shape index (κ1) is 20.2. The van der Waals surface area contributed by atoms with Gasteiger partial charge in [-0.2, -0.15) is 0 Å². The van der Waals surface area contributed by atoms with E-state index >= 15 is 0 Å². The molecule has 1 saturated heterocycles. The molecular formula is C22H20N2O5S. The van der Waals surface area contributed by atoms with Gasteiger partial charge < -0.3 is 10.1 Å². The second-order valence-electron chi connectivity index (χ2n) is 7.22. The third kappa shape index (κ3) is 3.27. The van der Waals surface area contributed by atoms with E-state index < -0.39 is 22.9 Å². The molecule has 2 atom stereocenters. The van der Waals surface area contributed by atoms with E-state index in [1.54, 1.807) is 30.3 Å². The molecule has 0 saturated carbocycles. The molecule has 30 heavy (non-hydrogen) atoms. The summed E-state index contributed by atoms with van der Waals surface area (Å²) in [5.41, 5.74) is 1.42. The summed E-state index contributed by atoms with van der Waals surface area (Å²) in [6.45, 7) is 2.88. The second-order valence-corrected chi connectivity index (χ2v) is 8.54. The van der Waals surface area contributed by atoms with Crippen LogP contribution in [0.4, 0.5) is 11.4 Å². The molecule has 4 rings (SSSR count). The van der Waals surface area contributed by atoms with Crippen molar-refractivity contribution in [2.75, 3.05) is 10.2 Å². The van der Waals surface area contributed by atoms with Gasteiger partial charge in [0, 0.05) is 23.3 Å². The largest absolute Gasteiger partial charge is 0.450 e. The Labute approximate surface area is 177 Å². The molecule has 2 aliphatic heterocycles. The number of Topliss-reactive ketones (excluding diaryl/α,β-unsaturated/α-hetero) is 1. The molecule has 0 unspecified atom stereocenters. The van der Waals surface area contributed by atoms with E-state index in [0.717, 1.165) is 4.90 Å². The van der Waals surface area contributed by atoms with Crippen LogP contribution in [0, 0.1) is 0 Å². The summed E-state index contributed by atoms with van der Waals surface area (Å²) in [5, 5.41) is 2.65. The Morgan fingerprint density at radius 1 is 1.13 bits per heavy atom. The lowest BCUT2D eigenvalue weighted by atomic mass is 10.1. The van der Waals surface area contributed by atoms with Crippen molar-refractivity contribution in [1.82, 2.24) is 0 Å². The van der Waals surface area contributed by atoms with E-state index in [0.29, 0.717) is 23.4 Å². The van der Waals surface area contributed by atoms with Crippen LogP contribution in [0.1, 0.15) is 37.0 Å². The van der Waals surface area contributed by atoms with Gasteiger partial charge in [-0.15, -0.1) is 0 Å². The maximum absolute atomic E-state index is 13.1. The Bertz CT molecular complexity index is 1070. The molecule has 0 spiro atoms. The molecule has 154 valence electrons. The van der Waals surface area contributed by atoms with Crippen molar-refractivity contribution in [2.45, 2.75) is 42.6 Å². The van der Waals surface area contributed by atoms with Crippen molar-refractivity contribution < 1.29 is 23.9 Å². The smallest absolute Gasteiger partial charge is 0.344 e. The van der Waals surface area contributed by atoms with Crippen LogP contribution >= 0.6 is 11.8 Å². The fourth-order valence-electron chi connectivity index (χ4n) is 3.71. The third-order valence-electron chi connectivity index (χ3n) is 5.21. The standard InChI is InChI=1S/C22H20N2O5S/c1-13(25)15-7-3-4-8-16(15)23-20(27)14(2)29-21(28)22-12-11-19(26)24(22)17-9-5-6-10-18(17)30-22/h3-10,14H,11-12H2,1-2H3,(H,23,27)/t14-,22+/m1/s1. The molecule has 2 heterocycles. The van der Waals surface area contributed by atoms with Crippen molar-refractivity contribution in [3.63, 3.8) is 0 Å². The summed E-state index contributed by atoms with van der Waals surface area (Å²) in [4.78, 5) is 51.1. The van der Waals surface area contributed by atoms with Gasteiger partial charge in [0.1, 0.15) is 0 Å². The van der Waals surface area contributed by atoms with Crippen LogP contribution in [0.2, 0.25) is 0 Å². The number of ketones is 1. The number of benzene rings is 2. The average molecular weight is 424 g/mol. The molecule has 8 heteroatoms. The molecule has 2 aromatic rings. The molecule has 2 amide bonds. The highest BCUT2D eigenvalue weighted by Gasteiger charge is 2.58. The first-order valence-electron chi connectivity index (χ1n) is 9.56. The summed E-state index contributed by atoms with van der Waals surface area (Å²) in [7, 11) is 0. The van der Waals surface area contributed by atoms with Gasteiger partial charge in [-0.1, -0.05) is 36.0 Å². The number of nitrogens with one attached hydrogen (secondary N) is 1. The summed E-state index contributed by atoms with van der Waals surface area (Å²) >= 11 is 1.28. The Hall–Kier alpha value is -3.13. The summed E-state index contributed by atoms with van der Waals surface area (Å²) in [5.74, 6) is -1.51. The van der Waals surface area contributed by atoms with Crippen molar-refractivity contribution in [2.24, 2.45) is 0 Å². The van der Waals surface area contributed by atoms with E-state index in [9.17, 15) is 19.2 Å². The minimum absolute atomic E-state index is 0.142. The van der Waals surface area contributed by atoms with E-state index in [1.807, 2.05) is 18.2 Å². The number of thioether (sulfide) groups is 1. The predicted octanol–water partition coefficient (Wildman–Crippen LogP) is 3.39. The Morgan fingerprint density at radius 2 is 1.83 bits per heavy atom. The topological polar surface area (TPSA) is 92.8 Å². The SMILES string of the molecule is CC(=O)c1ccccc1NC(=O)[C@@H](C)OC(=O)[C@@]12CCC(=O)N1c1ccccc1S2. The first-order chi connectivity index (χ1) is 14.3. The van der Waals surface area contributed by atoms with Crippen molar-refractivity contribution in [3.05, 3.63) is 54.1 Å². The molecule has 0 aliphatic carbocycles. The second kappa shape index (κ2) is 7.60. The molecular weight excluding hydrogens is 404 g/mol. The van der Waals surface area contributed by atoms with Gasteiger partial charge in [0.05, 0.1) is 11.4 Å². The van der Waals surface area contributed by atoms with Gasteiger partial charge >= 0.3 is 5.97 Å². The number of rotatable bonds is 5. The van der Waals surface area contributed by atoms with Gasteiger partial charge in [-0.3, -0.25) is 19.3 Å². The predicted molar refractivity (Wildman–Crippen MR) is 112 cm³/mol. The molecule has 0 radical (unpaired) electrons. The quantitative estimate of drug-likeness (QED) is 0.584. The Morgan fingerprint density at radius 3 is 2.60 bits per heavy atom. The molecule has 1 N–H and O–H groups in total. The molecule has 1 fully saturated rings. The van der Waals surface area contributed by atoms with Gasteiger partial charge in [-0.25, -0.2) is 4.79 Å². The van der Waals surface area contributed by atoms with Crippen molar-refractivity contribution >= 4 is 46.7 Å². The summed E-state index contributed by atoms with van der Waals surface area (Å²) in [6, 6.07) is 14.0. The molecule has 0 aromatic heterocycles. The van der Waals surface area contributed by atoms with Crippen LogP contribution in [-0.4, -0.2) is 34.5 Å². The van der Waals surface area contributed by atoms with E-state index in [2.05, 4.69) is 5.32 Å². The average Bonchev–Trinajstić information content (AvgIpc) is 3.24. The number of fused-ring (bicyclic) bond motifs is 3.